The molecule has 0 aliphatic carbocycles. The molecule has 0 amide bonds. The summed E-state index contributed by atoms with van der Waals surface area (Å²) < 4.78 is 28.3. The van der Waals surface area contributed by atoms with E-state index in [1.807, 2.05) is 6.07 Å². The summed E-state index contributed by atoms with van der Waals surface area (Å²) in [6.07, 6.45) is 0. The van der Waals surface area contributed by atoms with Crippen LogP contribution in [0.15, 0.2) is 21.9 Å². The van der Waals surface area contributed by atoms with Crippen molar-refractivity contribution in [3.8, 4) is 6.07 Å². The van der Waals surface area contributed by atoms with Crippen LogP contribution < -0.4 is 0 Å². The first-order chi connectivity index (χ1) is 8.96. The zero-order chi connectivity index (χ0) is 14.5. The summed E-state index contributed by atoms with van der Waals surface area (Å²) in [4.78, 5) is 0.387. The first-order valence-electron chi connectivity index (χ1n) is 4.94. The Hall–Kier alpha value is -0.820. The fourth-order valence-electron chi connectivity index (χ4n) is 1.54. The number of aryl methyl sites for hydroxylation is 1. The Morgan fingerprint density at radius 2 is 2.21 bits per heavy atom. The van der Waals surface area contributed by atoms with Crippen LogP contribution in [0.4, 0.5) is 0 Å². The van der Waals surface area contributed by atoms with Crippen LogP contribution in [0, 0.1) is 18.3 Å². The lowest BCUT2D eigenvalue weighted by Crippen LogP contribution is -2.11. The first-order valence-corrected chi connectivity index (χ1v) is 7.87. The molecule has 19 heavy (non-hydrogen) atoms. The molecule has 0 aliphatic rings. The molecule has 0 saturated heterocycles. The predicted octanol–water partition coefficient (Wildman–Crippen LogP) is 2.31. The summed E-state index contributed by atoms with van der Waals surface area (Å²) in [5.41, 5.74) is 0.391. The van der Waals surface area contributed by atoms with Crippen LogP contribution >= 0.6 is 23.6 Å². The quantitative estimate of drug-likeness (QED) is 0.371. The summed E-state index contributed by atoms with van der Waals surface area (Å²) >= 11 is 6.11. The number of nitrogens with zero attached hydrogens (tertiary/aromatic N) is 1. The number of hydrogen-bond donors (Lipinski definition) is 1. The standard InChI is InChI=1S/C10H10ClNO5S2/c1-7-4-9(18-17-16-13)5-8(6-12)10(7)19(14,15)3-2-11/h4-5,13H,2-3H2,1H3. The highest BCUT2D eigenvalue weighted by Gasteiger charge is 2.22. The maximum atomic E-state index is 12.0. The SMILES string of the molecule is Cc1cc(SOOO)cc(C#N)c1S(=O)(=O)CCCl. The third-order valence-electron chi connectivity index (χ3n) is 2.19. The Balaban J connectivity index is 3.31. The van der Waals surface area contributed by atoms with Gasteiger partial charge in [-0.1, -0.05) is 5.04 Å². The van der Waals surface area contributed by atoms with Crippen LogP contribution in [0.2, 0.25) is 0 Å². The highest BCUT2D eigenvalue weighted by atomic mass is 35.5. The van der Waals surface area contributed by atoms with E-state index in [1.54, 1.807) is 6.92 Å². The van der Waals surface area contributed by atoms with E-state index < -0.39 is 9.84 Å². The number of halogens is 1. The lowest BCUT2D eigenvalue weighted by Gasteiger charge is -2.10. The van der Waals surface area contributed by atoms with Crippen molar-refractivity contribution in [3.05, 3.63) is 23.3 Å². The highest BCUT2D eigenvalue weighted by Crippen LogP contribution is 2.28. The second-order valence-corrected chi connectivity index (χ2v) is 6.66. The van der Waals surface area contributed by atoms with Gasteiger partial charge in [0.25, 0.3) is 0 Å². The molecule has 0 unspecified atom stereocenters. The van der Waals surface area contributed by atoms with E-state index in [1.165, 1.54) is 12.1 Å². The third-order valence-corrected chi connectivity index (χ3v) is 5.06. The van der Waals surface area contributed by atoms with Gasteiger partial charge in [-0.15, -0.1) is 15.9 Å². The Morgan fingerprint density at radius 3 is 2.74 bits per heavy atom. The minimum absolute atomic E-state index is 0.00541. The molecule has 0 aliphatic heterocycles. The maximum absolute atomic E-state index is 12.0. The molecule has 0 atom stereocenters. The number of rotatable bonds is 6. The summed E-state index contributed by atoms with van der Waals surface area (Å²) in [5, 5.41) is 20.5. The van der Waals surface area contributed by atoms with E-state index in [9.17, 15) is 8.42 Å². The van der Waals surface area contributed by atoms with Crippen molar-refractivity contribution in [2.24, 2.45) is 0 Å². The average Bonchev–Trinajstić information content (AvgIpc) is 2.34. The monoisotopic (exact) mass is 323 g/mol. The molecular formula is C10H10ClNO5S2. The van der Waals surface area contributed by atoms with Crippen LogP contribution in [0.1, 0.15) is 11.1 Å². The molecule has 0 fully saturated rings. The second-order valence-electron chi connectivity index (χ2n) is 3.46. The largest absolute Gasteiger partial charge is 0.224 e. The molecule has 0 bridgehead atoms. The number of alkyl halides is 1. The zero-order valence-corrected chi connectivity index (χ0v) is 12.2. The van der Waals surface area contributed by atoms with Gasteiger partial charge in [-0.2, -0.15) is 5.26 Å². The van der Waals surface area contributed by atoms with Crippen molar-refractivity contribution in [1.29, 1.82) is 5.26 Å². The van der Waals surface area contributed by atoms with Gasteiger partial charge in [-0.3, -0.25) is 0 Å². The van der Waals surface area contributed by atoms with E-state index in [4.69, 9.17) is 22.1 Å². The van der Waals surface area contributed by atoms with Gasteiger partial charge in [0.1, 0.15) is 6.07 Å². The fourth-order valence-corrected chi connectivity index (χ4v) is 4.05. The van der Waals surface area contributed by atoms with Gasteiger partial charge in [0.2, 0.25) is 0 Å². The van der Waals surface area contributed by atoms with E-state index in [2.05, 4.69) is 9.37 Å². The van der Waals surface area contributed by atoms with Gasteiger partial charge in [0.05, 0.1) is 28.3 Å². The number of hydrogen-bond acceptors (Lipinski definition) is 7. The molecule has 0 saturated carbocycles. The molecule has 1 rings (SSSR count). The molecule has 1 aromatic carbocycles. The Morgan fingerprint density at radius 1 is 1.53 bits per heavy atom. The Labute approximate surface area is 119 Å². The third kappa shape index (κ3) is 4.07. The van der Waals surface area contributed by atoms with Crippen molar-refractivity contribution < 1.29 is 23.0 Å². The van der Waals surface area contributed by atoms with Crippen LogP contribution in [-0.2, 0) is 19.2 Å². The first kappa shape index (κ1) is 16.2. The fraction of sp³-hybridized carbons (Fsp3) is 0.300. The molecule has 104 valence electrons. The molecule has 1 N–H and O–H groups in total. The molecule has 0 aromatic heterocycles. The van der Waals surface area contributed by atoms with Gasteiger partial charge in [-0.05, 0) is 24.6 Å². The number of nitriles is 1. The maximum Gasteiger partial charge on any atom is 0.181 e. The van der Waals surface area contributed by atoms with Crippen molar-refractivity contribution >= 4 is 33.5 Å². The number of sulfone groups is 1. The smallest absolute Gasteiger partial charge is 0.181 e. The minimum atomic E-state index is -3.61. The summed E-state index contributed by atoms with van der Waals surface area (Å²) in [6, 6.07) is 4.66. The summed E-state index contributed by atoms with van der Waals surface area (Å²) in [5.74, 6) is -0.294. The molecule has 9 heteroatoms. The van der Waals surface area contributed by atoms with Crippen LogP contribution in [-0.4, -0.2) is 25.3 Å². The van der Waals surface area contributed by atoms with E-state index in [0.29, 0.717) is 22.5 Å². The lowest BCUT2D eigenvalue weighted by molar-refractivity contribution is -0.432. The summed E-state index contributed by atoms with van der Waals surface area (Å²) in [6.45, 7) is 1.56. The van der Waals surface area contributed by atoms with Crippen molar-refractivity contribution in [2.75, 3.05) is 11.6 Å². The molecule has 0 radical (unpaired) electrons. The minimum Gasteiger partial charge on any atom is -0.224 e. The second kappa shape index (κ2) is 7.09. The Bertz CT molecular complexity index is 597. The molecule has 0 heterocycles. The van der Waals surface area contributed by atoms with E-state index in [-0.39, 0.29) is 22.1 Å². The molecular weight excluding hydrogens is 314 g/mol. The van der Waals surface area contributed by atoms with Gasteiger partial charge >= 0.3 is 0 Å². The topological polar surface area (TPSA) is 96.6 Å². The molecule has 0 spiro atoms. The van der Waals surface area contributed by atoms with Crippen LogP contribution in [0.5, 0.6) is 0 Å². The van der Waals surface area contributed by atoms with Crippen molar-refractivity contribution in [3.63, 3.8) is 0 Å². The zero-order valence-electron chi connectivity index (χ0n) is 9.79. The van der Waals surface area contributed by atoms with Crippen LogP contribution in [0.25, 0.3) is 0 Å². The van der Waals surface area contributed by atoms with E-state index in [0.717, 1.165) is 0 Å². The average molecular weight is 324 g/mol. The van der Waals surface area contributed by atoms with Crippen molar-refractivity contribution in [1.82, 2.24) is 0 Å². The highest BCUT2D eigenvalue weighted by molar-refractivity contribution is 7.94. The van der Waals surface area contributed by atoms with Crippen molar-refractivity contribution in [2.45, 2.75) is 16.7 Å². The predicted molar refractivity (Wildman–Crippen MR) is 69.3 cm³/mol. The van der Waals surface area contributed by atoms with Gasteiger partial charge < -0.3 is 0 Å². The normalized spacial score (nSPS) is 11.3. The Kier molecular flexibility index (Phi) is 6.06. The van der Waals surface area contributed by atoms with Crippen LogP contribution in [0.3, 0.4) is 0 Å². The molecule has 6 nitrogen and oxygen atoms in total. The van der Waals surface area contributed by atoms with Gasteiger partial charge in [0.15, 0.2) is 9.84 Å². The number of benzene rings is 1. The van der Waals surface area contributed by atoms with E-state index >= 15 is 0 Å². The summed E-state index contributed by atoms with van der Waals surface area (Å²) in [7, 11) is -3.61. The lowest BCUT2D eigenvalue weighted by atomic mass is 10.1. The molecule has 1 aromatic rings. The van der Waals surface area contributed by atoms with Gasteiger partial charge in [0, 0.05) is 10.8 Å². The van der Waals surface area contributed by atoms with Gasteiger partial charge in [-0.25, -0.2) is 13.7 Å².